The number of para-hydroxylation sites is 1. The second-order valence-corrected chi connectivity index (χ2v) is 3.86. The molecule has 1 rings (SSSR count). The Morgan fingerprint density at radius 2 is 2.00 bits per heavy atom. The van der Waals surface area contributed by atoms with Crippen LogP contribution in [0, 0.1) is 0 Å². The maximum atomic E-state index is 11.6. The number of amides is 2. The number of rotatable bonds is 6. The summed E-state index contributed by atoms with van der Waals surface area (Å²) in [6, 6.07) is 5.15. The van der Waals surface area contributed by atoms with Gasteiger partial charge in [-0.2, -0.15) is 0 Å². The third kappa shape index (κ3) is 4.57. The van der Waals surface area contributed by atoms with Gasteiger partial charge in [-0.3, -0.25) is 0 Å². The third-order valence-electron chi connectivity index (χ3n) is 2.42. The summed E-state index contributed by atoms with van der Waals surface area (Å²) in [7, 11) is 1.78. The predicted octanol–water partition coefficient (Wildman–Crippen LogP) is -0.0270. The molecule has 0 aliphatic heterocycles. The molecule has 7 heteroatoms. The topological polar surface area (TPSA) is 111 Å². The number of carbonyl (C=O) groups is 2. The average molecular weight is 267 g/mol. The lowest BCUT2D eigenvalue weighted by atomic mass is 10.2. The molecule has 0 aromatic heterocycles. The first kappa shape index (κ1) is 14.9. The fraction of sp³-hybridized carbons (Fsp3) is 0.333. The minimum absolute atomic E-state index is 0.568. The number of carbonyl (C=O) groups excluding carboxylic acids is 1. The first-order valence-electron chi connectivity index (χ1n) is 5.72. The van der Waals surface area contributed by atoms with Gasteiger partial charge in [0.1, 0.15) is 0 Å². The maximum Gasteiger partial charge on any atom is 0.328 e. The SMILES string of the molecule is CNCc1ccccc1NC(=O)NC(CO)C(=O)O. The zero-order chi connectivity index (χ0) is 14.3. The van der Waals surface area contributed by atoms with Crippen LogP contribution >= 0.6 is 0 Å². The van der Waals surface area contributed by atoms with E-state index in [1.807, 2.05) is 12.1 Å². The molecule has 0 heterocycles. The number of hydrogen-bond acceptors (Lipinski definition) is 4. The lowest BCUT2D eigenvalue weighted by molar-refractivity contribution is -0.140. The van der Waals surface area contributed by atoms with Crippen molar-refractivity contribution in [3.05, 3.63) is 29.8 Å². The summed E-state index contributed by atoms with van der Waals surface area (Å²) in [5, 5.41) is 25.2. The van der Waals surface area contributed by atoms with E-state index < -0.39 is 24.6 Å². The first-order valence-corrected chi connectivity index (χ1v) is 5.72. The van der Waals surface area contributed by atoms with Gasteiger partial charge in [0.15, 0.2) is 6.04 Å². The molecular weight excluding hydrogens is 250 g/mol. The van der Waals surface area contributed by atoms with Crippen LogP contribution in [0.5, 0.6) is 0 Å². The third-order valence-corrected chi connectivity index (χ3v) is 2.42. The minimum atomic E-state index is -1.32. The van der Waals surface area contributed by atoms with Gasteiger partial charge in [-0.15, -0.1) is 0 Å². The van der Waals surface area contributed by atoms with E-state index in [0.29, 0.717) is 12.2 Å². The quantitative estimate of drug-likeness (QED) is 0.497. The molecule has 1 aromatic rings. The highest BCUT2D eigenvalue weighted by Gasteiger charge is 2.18. The van der Waals surface area contributed by atoms with E-state index in [0.717, 1.165) is 5.56 Å². The zero-order valence-electron chi connectivity index (χ0n) is 10.5. The van der Waals surface area contributed by atoms with Crippen molar-refractivity contribution in [2.75, 3.05) is 19.0 Å². The van der Waals surface area contributed by atoms with Crippen LogP contribution < -0.4 is 16.0 Å². The number of nitrogens with one attached hydrogen (secondary N) is 3. The van der Waals surface area contributed by atoms with Crippen LogP contribution in [0.4, 0.5) is 10.5 Å². The molecule has 7 nitrogen and oxygen atoms in total. The summed E-state index contributed by atoms with van der Waals surface area (Å²) in [6.45, 7) is -0.0975. The molecule has 0 spiro atoms. The molecule has 1 unspecified atom stereocenters. The summed E-state index contributed by atoms with van der Waals surface area (Å²) in [5.41, 5.74) is 1.45. The van der Waals surface area contributed by atoms with Crippen LogP contribution in [0.15, 0.2) is 24.3 Å². The molecule has 5 N–H and O–H groups in total. The molecule has 0 aliphatic rings. The number of urea groups is 1. The molecule has 0 radical (unpaired) electrons. The van der Waals surface area contributed by atoms with Gasteiger partial charge in [-0.1, -0.05) is 18.2 Å². The van der Waals surface area contributed by atoms with Crippen molar-refractivity contribution in [1.29, 1.82) is 0 Å². The summed E-state index contributed by atoms with van der Waals surface area (Å²) < 4.78 is 0. The van der Waals surface area contributed by atoms with Gasteiger partial charge in [0.2, 0.25) is 0 Å². The van der Waals surface area contributed by atoms with Crippen molar-refractivity contribution < 1.29 is 19.8 Å². The molecular formula is C12H17N3O4. The highest BCUT2D eigenvalue weighted by Crippen LogP contribution is 2.14. The Bertz CT molecular complexity index is 450. The van der Waals surface area contributed by atoms with Gasteiger partial charge in [-0.25, -0.2) is 9.59 Å². The normalized spacial score (nSPS) is 11.7. The van der Waals surface area contributed by atoms with E-state index in [2.05, 4.69) is 16.0 Å². The highest BCUT2D eigenvalue weighted by molar-refractivity contribution is 5.92. The van der Waals surface area contributed by atoms with Crippen molar-refractivity contribution in [3.8, 4) is 0 Å². The van der Waals surface area contributed by atoms with Gasteiger partial charge >= 0.3 is 12.0 Å². The van der Waals surface area contributed by atoms with Gasteiger partial charge in [0.25, 0.3) is 0 Å². The summed E-state index contributed by atoms with van der Waals surface area (Å²) in [4.78, 5) is 22.3. The van der Waals surface area contributed by atoms with E-state index in [9.17, 15) is 9.59 Å². The fourth-order valence-electron chi connectivity index (χ4n) is 1.49. The number of anilines is 1. The number of benzene rings is 1. The summed E-state index contributed by atoms with van der Waals surface area (Å²) in [6.07, 6.45) is 0. The van der Waals surface area contributed by atoms with Crippen LogP contribution in [0.3, 0.4) is 0 Å². The molecule has 19 heavy (non-hydrogen) atoms. The van der Waals surface area contributed by atoms with Gasteiger partial charge in [-0.05, 0) is 18.7 Å². The molecule has 104 valence electrons. The molecule has 0 saturated carbocycles. The molecule has 2 amide bonds. The highest BCUT2D eigenvalue weighted by atomic mass is 16.4. The Hall–Kier alpha value is -2.12. The standard InChI is InChI=1S/C12H17N3O4/c1-13-6-8-4-2-3-5-9(8)14-12(19)15-10(7-16)11(17)18/h2-5,10,13,16H,6-7H2,1H3,(H,17,18)(H2,14,15,19). The van der Waals surface area contributed by atoms with E-state index in [1.165, 1.54) is 0 Å². The smallest absolute Gasteiger partial charge is 0.328 e. The number of carboxylic acid groups (broad SMARTS) is 1. The molecule has 0 bridgehead atoms. The Labute approximate surface area is 110 Å². The van der Waals surface area contributed by atoms with E-state index >= 15 is 0 Å². The average Bonchev–Trinajstić information content (AvgIpc) is 2.38. The molecule has 0 aliphatic carbocycles. The van der Waals surface area contributed by atoms with Gasteiger partial charge in [0, 0.05) is 12.2 Å². The predicted molar refractivity (Wildman–Crippen MR) is 69.9 cm³/mol. The second kappa shape index (κ2) is 7.34. The van der Waals surface area contributed by atoms with Crippen molar-refractivity contribution in [2.24, 2.45) is 0 Å². The van der Waals surface area contributed by atoms with Crippen molar-refractivity contribution in [3.63, 3.8) is 0 Å². The lowest BCUT2D eigenvalue weighted by Crippen LogP contribution is -2.45. The lowest BCUT2D eigenvalue weighted by Gasteiger charge is -2.14. The maximum absolute atomic E-state index is 11.6. The van der Waals surface area contributed by atoms with Crippen LogP contribution in [0.25, 0.3) is 0 Å². The first-order chi connectivity index (χ1) is 9.08. The van der Waals surface area contributed by atoms with Crippen LogP contribution in [-0.2, 0) is 11.3 Å². The van der Waals surface area contributed by atoms with Crippen LogP contribution in [-0.4, -0.2) is 41.9 Å². The summed E-state index contributed by atoms with van der Waals surface area (Å²) in [5.74, 6) is -1.29. The number of aliphatic hydroxyl groups is 1. The minimum Gasteiger partial charge on any atom is -0.480 e. The van der Waals surface area contributed by atoms with Crippen molar-refractivity contribution >= 4 is 17.7 Å². The zero-order valence-corrected chi connectivity index (χ0v) is 10.5. The Morgan fingerprint density at radius 3 is 2.58 bits per heavy atom. The van der Waals surface area contributed by atoms with Crippen LogP contribution in [0.2, 0.25) is 0 Å². The number of carboxylic acids is 1. The van der Waals surface area contributed by atoms with E-state index in [1.54, 1.807) is 19.2 Å². The Kier molecular flexibility index (Phi) is 5.77. The van der Waals surface area contributed by atoms with Crippen molar-refractivity contribution in [2.45, 2.75) is 12.6 Å². The summed E-state index contributed by atoms with van der Waals surface area (Å²) >= 11 is 0. The van der Waals surface area contributed by atoms with E-state index in [4.69, 9.17) is 10.2 Å². The van der Waals surface area contributed by atoms with Gasteiger partial charge in [0.05, 0.1) is 6.61 Å². The fourth-order valence-corrected chi connectivity index (χ4v) is 1.49. The Morgan fingerprint density at radius 1 is 1.32 bits per heavy atom. The van der Waals surface area contributed by atoms with Crippen molar-refractivity contribution in [1.82, 2.24) is 10.6 Å². The number of aliphatic carboxylic acids is 1. The monoisotopic (exact) mass is 267 g/mol. The number of aliphatic hydroxyl groups excluding tert-OH is 1. The largest absolute Gasteiger partial charge is 0.480 e. The second-order valence-electron chi connectivity index (χ2n) is 3.86. The van der Waals surface area contributed by atoms with E-state index in [-0.39, 0.29) is 0 Å². The molecule has 1 aromatic carbocycles. The van der Waals surface area contributed by atoms with Crippen LogP contribution in [0.1, 0.15) is 5.56 Å². The Balaban J connectivity index is 2.69. The molecule has 0 saturated heterocycles. The van der Waals surface area contributed by atoms with Gasteiger partial charge < -0.3 is 26.2 Å². The molecule has 1 atom stereocenters. The molecule has 0 fully saturated rings. The number of hydrogen-bond donors (Lipinski definition) is 5.